The maximum absolute atomic E-state index is 13.6. The first-order chi connectivity index (χ1) is 10.4. The first kappa shape index (κ1) is 16.7. The molecule has 0 radical (unpaired) electrons. The predicted octanol–water partition coefficient (Wildman–Crippen LogP) is 3.91. The van der Waals surface area contributed by atoms with Gasteiger partial charge in [0.2, 0.25) is 5.91 Å². The largest absolute Gasteiger partial charge is 0.351 e. The van der Waals surface area contributed by atoms with Crippen LogP contribution in [0.3, 0.4) is 0 Å². The third kappa shape index (κ3) is 4.44. The maximum atomic E-state index is 13.6. The third-order valence-electron chi connectivity index (χ3n) is 3.60. The van der Waals surface area contributed by atoms with Crippen molar-refractivity contribution >= 4 is 28.6 Å². The van der Waals surface area contributed by atoms with Gasteiger partial charge in [0.25, 0.3) is 0 Å². The second kappa shape index (κ2) is 7.09. The number of nitrogens with zero attached hydrogens (tertiary/aromatic N) is 1. The Labute approximate surface area is 134 Å². The molecule has 0 fully saturated rings. The number of amides is 1. The van der Waals surface area contributed by atoms with Crippen molar-refractivity contribution in [1.29, 1.82) is 0 Å². The summed E-state index contributed by atoms with van der Waals surface area (Å²) in [6.45, 7) is 6.04. The lowest BCUT2D eigenvalue weighted by Crippen LogP contribution is -2.43. The van der Waals surface area contributed by atoms with Crippen molar-refractivity contribution < 1.29 is 9.18 Å². The minimum Gasteiger partial charge on any atom is -0.351 e. The molecular weight excluding hydrogens is 299 g/mol. The van der Waals surface area contributed by atoms with Gasteiger partial charge < -0.3 is 5.32 Å². The molecule has 1 aromatic carbocycles. The molecular formula is C17H21FN2OS. The average molecular weight is 320 g/mol. The summed E-state index contributed by atoms with van der Waals surface area (Å²) in [5.74, 6) is 0.651. The molecule has 3 nitrogen and oxygen atoms in total. The fourth-order valence-corrected chi connectivity index (χ4v) is 2.89. The van der Waals surface area contributed by atoms with Gasteiger partial charge in [-0.1, -0.05) is 13.0 Å². The van der Waals surface area contributed by atoms with Gasteiger partial charge in [-0.2, -0.15) is 0 Å². The highest BCUT2D eigenvalue weighted by Gasteiger charge is 2.17. The van der Waals surface area contributed by atoms with E-state index in [1.807, 2.05) is 26.8 Å². The first-order valence-electron chi connectivity index (χ1n) is 7.33. The molecule has 2 aromatic rings. The molecule has 0 unspecified atom stereocenters. The van der Waals surface area contributed by atoms with E-state index in [1.54, 1.807) is 12.3 Å². The van der Waals surface area contributed by atoms with E-state index in [9.17, 15) is 9.18 Å². The fraction of sp³-hybridized carbons (Fsp3) is 0.412. The van der Waals surface area contributed by atoms with Gasteiger partial charge in [-0.3, -0.25) is 9.78 Å². The summed E-state index contributed by atoms with van der Waals surface area (Å²) in [6.07, 6.45) is 2.58. The van der Waals surface area contributed by atoms with Crippen LogP contribution in [0.5, 0.6) is 0 Å². The van der Waals surface area contributed by atoms with Gasteiger partial charge in [-0.25, -0.2) is 4.39 Å². The van der Waals surface area contributed by atoms with Crippen LogP contribution in [0.2, 0.25) is 0 Å². The van der Waals surface area contributed by atoms with Crippen LogP contribution in [-0.4, -0.2) is 22.2 Å². The molecule has 1 heterocycles. The van der Waals surface area contributed by atoms with Crippen molar-refractivity contribution in [2.24, 2.45) is 0 Å². The Morgan fingerprint density at radius 1 is 1.41 bits per heavy atom. The van der Waals surface area contributed by atoms with Crippen molar-refractivity contribution in [2.75, 3.05) is 5.75 Å². The van der Waals surface area contributed by atoms with E-state index in [0.717, 1.165) is 22.9 Å². The van der Waals surface area contributed by atoms with E-state index < -0.39 is 0 Å². The molecule has 118 valence electrons. The average Bonchev–Trinajstić information content (AvgIpc) is 2.46. The molecule has 1 N–H and O–H groups in total. The number of rotatable bonds is 6. The number of pyridine rings is 1. The summed E-state index contributed by atoms with van der Waals surface area (Å²) >= 11 is 1.47. The zero-order valence-corrected chi connectivity index (χ0v) is 14.0. The van der Waals surface area contributed by atoms with Crippen LogP contribution >= 0.6 is 11.8 Å². The summed E-state index contributed by atoms with van der Waals surface area (Å²) < 4.78 is 13.6. The first-order valence-corrected chi connectivity index (χ1v) is 8.48. The van der Waals surface area contributed by atoms with Crippen LogP contribution in [0.25, 0.3) is 10.9 Å². The molecule has 2 rings (SSSR count). The molecule has 0 saturated carbocycles. The van der Waals surface area contributed by atoms with Crippen LogP contribution in [0.15, 0.2) is 30.5 Å². The number of carbonyl (C=O) groups excluding carboxylic acids is 1. The molecule has 5 heteroatoms. The molecule has 0 aliphatic heterocycles. The summed E-state index contributed by atoms with van der Waals surface area (Å²) in [7, 11) is 0. The highest BCUT2D eigenvalue weighted by molar-refractivity contribution is 7.99. The van der Waals surface area contributed by atoms with Gasteiger partial charge in [0.15, 0.2) is 0 Å². The third-order valence-corrected chi connectivity index (χ3v) is 4.58. The van der Waals surface area contributed by atoms with Gasteiger partial charge in [0.1, 0.15) is 5.82 Å². The quantitative estimate of drug-likeness (QED) is 0.877. The van der Waals surface area contributed by atoms with Gasteiger partial charge in [0.05, 0.1) is 11.3 Å². The molecule has 0 aliphatic rings. The number of fused-ring (bicyclic) bond motifs is 1. The molecule has 0 saturated heterocycles. The lowest BCUT2D eigenvalue weighted by molar-refractivity contribution is -0.120. The molecule has 22 heavy (non-hydrogen) atoms. The van der Waals surface area contributed by atoms with Gasteiger partial charge in [-0.05, 0) is 44.0 Å². The van der Waals surface area contributed by atoms with Crippen molar-refractivity contribution in [3.05, 3.63) is 41.8 Å². The Kier molecular flexibility index (Phi) is 5.40. The molecule has 0 spiro atoms. The number of hydrogen-bond donors (Lipinski definition) is 1. The molecule has 0 aliphatic carbocycles. The molecule has 0 atom stereocenters. The fourth-order valence-electron chi connectivity index (χ4n) is 2.09. The van der Waals surface area contributed by atoms with Crippen molar-refractivity contribution in [3.8, 4) is 0 Å². The van der Waals surface area contributed by atoms with E-state index in [1.165, 1.54) is 23.9 Å². The van der Waals surface area contributed by atoms with Crippen molar-refractivity contribution in [2.45, 2.75) is 38.5 Å². The monoisotopic (exact) mass is 320 g/mol. The Morgan fingerprint density at radius 3 is 2.91 bits per heavy atom. The van der Waals surface area contributed by atoms with Crippen LogP contribution in [-0.2, 0) is 10.5 Å². The second-order valence-electron chi connectivity index (χ2n) is 5.92. The van der Waals surface area contributed by atoms with Crippen LogP contribution in [0.4, 0.5) is 4.39 Å². The Morgan fingerprint density at radius 2 is 2.18 bits per heavy atom. The smallest absolute Gasteiger partial charge is 0.230 e. The van der Waals surface area contributed by atoms with Gasteiger partial charge in [-0.15, -0.1) is 11.8 Å². The van der Waals surface area contributed by atoms with E-state index in [2.05, 4.69) is 10.3 Å². The van der Waals surface area contributed by atoms with Gasteiger partial charge >= 0.3 is 0 Å². The number of hydrogen-bond acceptors (Lipinski definition) is 3. The number of nitrogens with one attached hydrogen (secondary N) is 1. The maximum Gasteiger partial charge on any atom is 0.230 e. The second-order valence-corrected chi connectivity index (χ2v) is 6.90. The van der Waals surface area contributed by atoms with Crippen LogP contribution in [0, 0.1) is 5.82 Å². The van der Waals surface area contributed by atoms with E-state index in [-0.39, 0.29) is 17.3 Å². The predicted molar refractivity (Wildman–Crippen MR) is 90.4 cm³/mol. The standard InChI is InChI=1S/C17H21FN2OS/c1-4-17(2,3)20-15(21)11-22-10-13-9-14(18)8-12-6-5-7-19-16(12)13/h5-9H,4,10-11H2,1-3H3,(H,20,21). The van der Waals surface area contributed by atoms with Crippen molar-refractivity contribution in [1.82, 2.24) is 10.3 Å². The number of aromatic nitrogens is 1. The van der Waals surface area contributed by atoms with Crippen LogP contribution in [0.1, 0.15) is 32.8 Å². The summed E-state index contributed by atoms with van der Waals surface area (Å²) in [5.41, 5.74) is 1.43. The van der Waals surface area contributed by atoms with Gasteiger partial charge in [0, 0.05) is 22.9 Å². The summed E-state index contributed by atoms with van der Waals surface area (Å²) in [5, 5.41) is 3.78. The van der Waals surface area contributed by atoms with E-state index >= 15 is 0 Å². The minimum absolute atomic E-state index is 0.00511. The summed E-state index contributed by atoms with van der Waals surface area (Å²) in [6, 6.07) is 6.61. The topological polar surface area (TPSA) is 42.0 Å². The van der Waals surface area contributed by atoms with E-state index in [0.29, 0.717) is 11.5 Å². The molecule has 0 bridgehead atoms. The van der Waals surface area contributed by atoms with Crippen LogP contribution < -0.4 is 5.32 Å². The molecule has 1 aromatic heterocycles. The number of halogens is 1. The van der Waals surface area contributed by atoms with E-state index in [4.69, 9.17) is 0 Å². The Bertz CT molecular complexity index is 673. The minimum atomic E-state index is -0.271. The zero-order valence-electron chi connectivity index (χ0n) is 13.1. The normalized spacial score (nSPS) is 11.6. The number of benzene rings is 1. The van der Waals surface area contributed by atoms with Crippen molar-refractivity contribution in [3.63, 3.8) is 0 Å². The zero-order chi connectivity index (χ0) is 16.2. The lowest BCUT2D eigenvalue weighted by Gasteiger charge is -2.24. The Hall–Kier alpha value is -1.62. The highest BCUT2D eigenvalue weighted by atomic mass is 32.2. The number of thioether (sulfide) groups is 1. The SMILES string of the molecule is CCC(C)(C)NC(=O)CSCc1cc(F)cc2cccnc12. The summed E-state index contributed by atoms with van der Waals surface area (Å²) in [4.78, 5) is 16.2. The number of carbonyl (C=O) groups is 1. The highest BCUT2D eigenvalue weighted by Crippen LogP contribution is 2.22. The molecule has 1 amide bonds. The Balaban J connectivity index is 1.99. The lowest BCUT2D eigenvalue weighted by atomic mass is 10.0.